The Kier molecular flexibility index (Phi) is 5.84. The van der Waals surface area contributed by atoms with E-state index in [1.807, 2.05) is 42.5 Å². The van der Waals surface area contributed by atoms with Crippen molar-refractivity contribution in [2.75, 3.05) is 19.5 Å². The van der Waals surface area contributed by atoms with E-state index in [0.717, 1.165) is 17.0 Å². The average Bonchev–Trinajstić information content (AvgIpc) is 2.73. The van der Waals surface area contributed by atoms with Crippen LogP contribution in [0.3, 0.4) is 0 Å². The molecule has 0 saturated carbocycles. The number of nitrogens with zero attached hydrogens (tertiary/aromatic N) is 2. The van der Waals surface area contributed by atoms with Gasteiger partial charge in [0.05, 0.1) is 37.8 Å². The van der Waals surface area contributed by atoms with Gasteiger partial charge in [-0.15, -0.1) is 0 Å². The zero-order chi connectivity index (χ0) is 19.1. The van der Waals surface area contributed by atoms with Crippen molar-refractivity contribution < 1.29 is 14.3 Å². The van der Waals surface area contributed by atoms with Gasteiger partial charge in [0.25, 0.3) is 0 Å². The molecule has 0 unspecified atom stereocenters. The minimum absolute atomic E-state index is 0.270. The highest BCUT2D eigenvalue weighted by atomic mass is 16.5. The minimum atomic E-state index is -0.343. The monoisotopic (exact) mass is 364 g/mol. The fraction of sp³-hybridized carbons (Fsp3) is 0.150. The second kappa shape index (κ2) is 8.66. The third kappa shape index (κ3) is 4.72. The number of anilines is 1. The van der Waals surface area contributed by atoms with E-state index >= 15 is 0 Å². The molecule has 0 atom stereocenters. The largest absolute Gasteiger partial charge is 0.497 e. The molecule has 1 heterocycles. The molecule has 0 aliphatic rings. The van der Waals surface area contributed by atoms with Gasteiger partial charge in [0.15, 0.2) is 0 Å². The summed E-state index contributed by atoms with van der Waals surface area (Å²) in [6.07, 6.45) is 1.48. The summed E-state index contributed by atoms with van der Waals surface area (Å²) in [7, 11) is 3.18. The molecule has 138 valence electrons. The highest BCUT2D eigenvalue weighted by Gasteiger charge is 2.08. The number of rotatable bonds is 6. The van der Waals surface area contributed by atoms with E-state index < -0.39 is 0 Å². The number of carbonyl (C=O) groups excluding carboxylic acids is 1. The molecule has 3 aromatic rings. The van der Waals surface area contributed by atoms with Gasteiger partial charge in [0.1, 0.15) is 17.8 Å². The first kappa shape index (κ1) is 18.2. The quantitative estimate of drug-likeness (QED) is 0.699. The number of amides is 2. The van der Waals surface area contributed by atoms with Crippen LogP contribution in [0.15, 0.2) is 60.9 Å². The SMILES string of the molecule is COc1ccc(-c2cc(CNC(=O)Nc3ccccc3OC)ncn2)cc1. The van der Waals surface area contributed by atoms with Crippen LogP contribution in [0.2, 0.25) is 0 Å². The lowest BCUT2D eigenvalue weighted by molar-refractivity contribution is 0.251. The van der Waals surface area contributed by atoms with Crippen LogP contribution in [0.1, 0.15) is 5.69 Å². The number of nitrogens with one attached hydrogen (secondary N) is 2. The van der Waals surface area contributed by atoms with Crippen molar-refractivity contribution in [3.8, 4) is 22.8 Å². The first-order valence-corrected chi connectivity index (χ1v) is 8.33. The Balaban J connectivity index is 1.63. The van der Waals surface area contributed by atoms with E-state index in [4.69, 9.17) is 9.47 Å². The van der Waals surface area contributed by atoms with Crippen LogP contribution in [0.5, 0.6) is 11.5 Å². The van der Waals surface area contributed by atoms with E-state index in [9.17, 15) is 4.79 Å². The molecule has 7 heteroatoms. The van der Waals surface area contributed by atoms with Gasteiger partial charge in [0.2, 0.25) is 0 Å². The second-order valence-electron chi connectivity index (χ2n) is 5.63. The van der Waals surface area contributed by atoms with Crippen LogP contribution in [0, 0.1) is 0 Å². The van der Waals surface area contributed by atoms with Gasteiger partial charge in [-0.25, -0.2) is 14.8 Å². The third-order valence-electron chi connectivity index (χ3n) is 3.89. The van der Waals surface area contributed by atoms with Gasteiger partial charge in [-0.2, -0.15) is 0 Å². The van der Waals surface area contributed by atoms with Gasteiger partial charge in [-0.1, -0.05) is 12.1 Å². The van der Waals surface area contributed by atoms with Crippen LogP contribution >= 0.6 is 0 Å². The zero-order valence-electron chi connectivity index (χ0n) is 15.1. The van der Waals surface area contributed by atoms with E-state index in [-0.39, 0.29) is 12.6 Å². The number of hydrogen-bond donors (Lipinski definition) is 2. The third-order valence-corrected chi connectivity index (χ3v) is 3.89. The molecule has 1 aromatic heterocycles. The lowest BCUT2D eigenvalue weighted by Crippen LogP contribution is -2.28. The fourth-order valence-electron chi connectivity index (χ4n) is 2.50. The molecular weight excluding hydrogens is 344 g/mol. The maximum absolute atomic E-state index is 12.1. The molecule has 0 radical (unpaired) electrons. The van der Waals surface area contributed by atoms with Crippen molar-refractivity contribution in [3.63, 3.8) is 0 Å². The number of para-hydroxylation sites is 2. The van der Waals surface area contributed by atoms with E-state index in [1.54, 1.807) is 26.4 Å². The molecule has 0 saturated heterocycles. The molecule has 3 rings (SSSR count). The van der Waals surface area contributed by atoms with Gasteiger partial charge >= 0.3 is 6.03 Å². The van der Waals surface area contributed by atoms with Crippen molar-refractivity contribution in [3.05, 3.63) is 66.6 Å². The summed E-state index contributed by atoms with van der Waals surface area (Å²) in [5.41, 5.74) is 3.01. The predicted molar refractivity (Wildman–Crippen MR) is 103 cm³/mol. The van der Waals surface area contributed by atoms with Crippen molar-refractivity contribution in [2.24, 2.45) is 0 Å². The zero-order valence-corrected chi connectivity index (χ0v) is 15.1. The second-order valence-corrected chi connectivity index (χ2v) is 5.63. The molecular formula is C20H20N4O3. The summed E-state index contributed by atoms with van der Waals surface area (Å²) < 4.78 is 10.4. The van der Waals surface area contributed by atoms with Crippen LogP contribution < -0.4 is 20.1 Å². The number of aromatic nitrogens is 2. The maximum Gasteiger partial charge on any atom is 0.319 e. The Bertz CT molecular complexity index is 913. The van der Waals surface area contributed by atoms with Crippen LogP contribution in [-0.4, -0.2) is 30.2 Å². The Hall–Kier alpha value is -3.61. The molecule has 0 fully saturated rings. The first-order chi connectivity index (χ1) is 13.2. The number of ether oxygens (including phenoxy) is 2. The first-order valence-electron chi connectivity index (χ1n) is 8.33. The number of carbonyl (C=O) groups is 1. The van der Waals surface area contributed by atoms with Crippen LogP contribution in [0.25, 0.3) is 11.3 Å². The summed E-state index contributed by atoms with van der Waals surface area (Å²) in [6, 6.07) is 16.3. The van der Waals surface area contributed by atoms with E-state index in [1.165, 1.54) is 6.33 Å². The minimum Gasteiger partial charge on any atom is -0.497 e. The summed E-state index contributed by atoms with van der Waals surface area (Å²) in [6.45, 7) is 0.270. The number of methoxy groups -OCH3 is 2. The molecule has 0 spiro atoms. The predicted octanol–water partition coefficient (Wildman–Crippen LogP) is 3.48. The normalized spacial score (nSPS) is 10.1. The maximum atomic E-state index is 12.1. The Morgan fingerprint density at radius 1 is 1.00 bits per heavy atom. The van der Waals surface area contributed by atoms with Crippen molar-refractivity contribution in [1.29, 1.82) is 0 Å². The summed E-state index contributed by atoms with van der Waals surface area (Å²) >= 11 is 0. The Morgan fingerprint density at radius 2 is 1.78 bits per heavy atom. The van der Waals surface area contributed by atoms with Crippen LogP contribution in [-0.2, 0) is 6.54 Å². The van der Waals surface area contributed by atoms with Crippen molar-refractivity contribution in [1.82, 2.24) is 15.3 Å². The highest BCUT2D eigenvalue weighted by Crippen LogP contribution is 2.23. The Morgan fingerprint density at radius 3 is 2.52 bits per heavy atom. The molecule has 0 aliphatic heterocycles. The summed E-state index contributed by atoms with van der Waals surface area (Å²) in [5.74, 6) is 1.37. The highest BCUT2D eigenvalue weighted by molar-refractivity contribution is 5.90. The molecule has 2 amide bonds. The van der Waals surface area contributed by atoms with Crippen LogP contribution in [0.4, 0.5) is 10.5 Å². The number of hydrogen-bond acceptors (Lipinski definition) is 5. The lowest BCUT2D eigenvalue weighted by Gasteiger charge is -2.11. The lowest BCUT2D eigenvalue weighted by atomic mass is 10.1. The topological polar surface area (TPSA) is 85.4 Å². The Labute approximate surface area is 157 Å². The average molecular weight is 364 g/mol. The van der Waals surface area contributed by atoms with Gasteiger partial charge in [-0.3, -0.25) is 0 Å². The van der Waals surface area contributed by atoms with Gasteiger partial charge < -0.3 is 20.1 Å². The summed E-state index contributed by atoms with van der Waals surface area (Å²) in [4.78, 5) is 20.6. The molecule has 7 nitrogen and oxygen atoms in total. The van der Waals surface area contributed by atoms with E-state index in [0.29, 0.717) is 17.1 Å². The molecule has 27 heavy (non-hydrogen) atoms. The number of benzene rings is 2. The smallest absolute Gasteiger partial charge is 0.319 e. The molecule has 0 aliphatic carbocycles. The van der Waals surface area contributed by atoms with Crippen molar-refractivity contribution in [2.45, 2.75) is 6.54 Å². The van der Waals surface area contributed by atoms with Crippen molar-refractivity contribution >= 4 is 11.7 Å². The van der Waals surface area contributed by atoms with Gasteiger partial charge in [-0.05, 0) is 42.5 Å². The fourth-order valence-corrected chi connectivity index (χ4v) is 2.50. The van der Waals surface area contributed by atoms with Gasteiger partial charge in [0, 0.05) is 5.56 Å². The number of urea groups is 1. The van der Waals surface area contributed by atoms with E-state index in [2.05, 4.69) is 20.6 Å². The molecule has 2 N–H and O–H groups in total. The summed E-state index contributed by atoms with van der Waals surface area (Å²) in [5, 5.41) is 5.54. The molecule has 2 aromatic carbocycles. The molecule has 0 bridgehead atoms. The standard InChI is InChI=1S/C20H20N4O3/c1-26-16-9-7-14(8-10-16)18-11-15(22-13-23-18)12-21-20(25)24-17-5-3-4-6-19(17)27-2/h3-11,13H,12H2,1-2H3,(H2,21,24,25).